The SMILES string of the molecule is CCC(C)c1ccccc1OCC(O)CN1CC(C)OC(C)C1.Cl. The lowest BCUT2D eigenvalue weighted by molar-refractivity contribution is -0.0787. The number of hydrogen-bond donors (Lipinski definition) is 1. The summed E-state index contributed by atoms with van der Waals surface area (Å²) in [6, 6.07) is 8.13. The second kappa shape index (κ2) is 10.2. The number of nitrogens with zero attached hydrogens (tertiary/aromatic N) is 1. The zero-order valence-electron chi connectivity index (χ0n) is 15.3. The number of aliphatic hydroxyl groups excluding tert-OH is 1. The van der Waals surface area contributed by atoms with Crippen LogP contribution in [0.3, 0.4) is 0 Å². The van der Waals surface area contributed by atoms with Gasteiger partial charge in [0.05, 0.1) is 12.2 Å². The van der Waals surface area contributed by atoms with Gasteiger partial charge in [0.15, 0.2) is 0 Å². The highest BCUT2D eigenvalue weighted by Gasteiger charge is 2.24. The molecule has 4 nitrogen and oxygen atoms in total. The van der Waals surface area contributed by atoms with Gasteiger partial charge in [0.1, 0.15) is 18.5 Å². The molecule has 2 rings (SSSR count). The number of hydrogen-bond acceptors (Lipinski definition) is 4. The van der Waals surface area contributed by atoms with E-state index < -0.39 is 6.10 Å². The molecule has 24 heavy (non-hydrogen) atoms. The summed E-state index contributed by atoms with van der Waals surface area (Å²) in [6.07, 6.45) is 1.03. The molecule has 1 fully saturated rings. The number of β-amino-alcohol motifs (C(OH)–C–C–N with tert-alkyl or cyclic N) is 1. The van der Waals surface area contributed by atoms with Crippen LogP contribution < -0.4 is 4.74 Å². The summed E-state index contributed by atoms with van der Waals surface area (Å²) < 4.78 is 11.6. The van der Waals surface area contributed by atoms with Gasteiger partial charge in [-0.1, -0.05) is 32.0 Å². The van der Waals surface area contributed by atoms with Gasteiger partial charge in [0.25, 0.3) is 0 Å². The number of para-hydroxylation sites is 1. The van der Waals surface area contributed by atoms with E-state index in [2.05, 4.69) is 38.7 Å². The number of benzene rings is 1. The van der Waals surface area contributed by atoms with Gasteiger partial charge < -0.3 is 14.6 Å². The van der Waals surface area contributed by atoms with E-state index in [1.54, 1.807) is 0 Å². The molecule has 0 saturated carbocycles. The van der Waals surface area contributed by atoms with Crippen LogP contribution in [0.25, 0.3) is 0 Å². The first-order valence-electron chi connectivity index (χ1n) is 8.77. The molecule has 1 aliphatic rings. The normalized spacial score (nSPS) is 24.0. The van der Waals surface area contributed by atoms with Crippen molar-refractivity contribution in [2.45, 2.75) is 58.3 Å². The second-order valence-corrected chi connectivity index (χ2v) is 6.79. The molecule has 1 N–H and O–H groups in total. The van der Waals surface area contributed by atoms with Crippen molar-refractivity contribution < 1.29 is 14.6 Å². The summed E-state index contributed by atoms with van der Waals surface area (Å²) >= 11 is 0. The van der Waals surface area contributed by atoms with Crippen molar-refractivity contribution in [2.75, 3.05) is 26.2 Å². The van der Waals surface area contributed by atoms with Crippen molar-refractivity contribution >= 4 is 12.4 Å². The van der Waals surface area contributed by atoms with E-state index in [1.165, 1.54) is 5.56 Å². The van der Waals surface area contributed by atoms with Gasteiger partial charge in [-0.15, -0.1) is 12.4 Å². The Balaban J connectivity index is 0.00000288. The number of morpholine rings is 1. The van der Waals surface area contributed by atoms with Gasteiger partial charge in [0, 0.05) is 19.6 Å². The first kappa shape index (κ1) is 21.2. The van der Waals surface area contributed by atoms with Crippen LogP contribution >= 0.6 is 12.4 Å². The predicted octanol–water partition coefficient (Wildman–Crippen LogP) is 3.47. The summed E-state index contributed by atoms with van der Waals surface area (Å²) in [5.74, 6) is 1.36. The lowest BCUT2D eigenvalue weighted by atomic mass is 9.98. The third kappa shape index (κ3) is 6.25. The van der Waals surface area contributed by atoms with Crippen LogP contribution in [0.4, 0.5) is 0 Å². The summed E-state index contributed by atoms with van der Waals surface area (Å²) in [7, 11) is 0. The van der Waals surface area contributed by atoms with Crippen molar-refractivity contribution in [1.82, 2.24) is 4.90 Å². The minimum absolute atomic E-state index is 0. The molecule has 138 valence electrons. The van der Waals surface area contributed by atoms with Crippen molar-refractivity contribution in [2.24, 2.45) is 0 Å². The molecule has 0 bridgehead atoms. The molecule has 1 saturated heterocycles. The third-order valence-corrected chi connectivity index (χ3v) is 4.46. The van der Waals surface area contributed by atoms with E-state index in [0.29, 0.717) is 19.1 Å². The van der Waals surface area contributed by atoms with Gasteiger partial charge in [-0.25, -0.2) is 0 Å². The van der Waals surface area contributed by atoms with Crippen molar-refractivity contribution in [1.29, 1.82) is 0 Å². The molecular formula is C19H32ClNO3. The maximum absolute atomic E-state index is 10.3. The Morgan fingerprint density at radius 1 is 1.25 bits per heavy atom. The first-order chi connectivity index (χ1) is 11.0. The molecule has 1 heterocycles. The van der Waals surface area contributed by atoms with Gasteiger partial charge in [-0.3, -0.25) is 4.90 Å². The smallest absolute Gasteiger partial charge is 0.122 e. The fourth-order valence-electron chi connectivity index (χ4n) is 3.21. The lowest BCUT2D eigenvalue weighted by Gasteiger charge is -2.36. The summed E-state index contributed by atoms with van der Waals surface area (Å²) in [4.78, 5) is 2.26. The molecular weight excluding hydrogens is 326 g/mol. The van der Waals surface area contributed by atoms with Crippen LogP contribution in [0.2, 0.25) is 0 Å². The van der Waals surface area contributed by atoms with Gasteiger partial charge >= 0.3 is 0 Å². The van der Waals surface area contributed by atoms with Crippen LogP contribution in [0.15, 0.2) is 24.3 Å². The number of ether oxygens (including phenoxy) is 2. The maximum Gasteiger partial charge on any atom is 0.122 e. The molecule has 0 aliphatic carbocycles. The van der Waals surface area contributed by atoms with E-state index in [-0.39, 0.29) is 24.6 Å². The van der Waals surface area contributed by atoms with E-state index in [1.807, 2.05) is 18.2 Å². The van der Waals surface area contributed by atoms with Crippen LogP contribution in [0.5, 0.6) is 5.75 Å². The summed E-state index contributed by atoms with van der Waals surface area (Å²) in [6.45, 7) is 11.2. The highest BCUT2D eigenvalue weighted by atomic mass is 35.5. The Morgan fingerprint density at radius 2 is 1.88 bits per heavy atom. The summed E-state index contributed by atoms with van der Waals surface area (Å²) in [5.41, 5.74) is 1.22. The third-order valence-electron chi connectivity index (χ3n) is 4.46. The number of halogens is 1. The molecule has 0 spiro atoms. The van der Waals surface area contributed by atoms with Crippen molar-refractivity contribution in [3.8, 4) is 5.75 Å². The van der Waals surface area contributed by atoms with Crippen LogP contribution in [0.1, 0.15) is 45.6 Å². The number of rotatable bonds is 7. The maximum atomic E-state index is 10.3. The molecule has 5 heteroatoms. The zero-order chi connectivity index (χ0) is 16.8. The number of aliphatic hydroxyl groups is 1. The Hall–Kier alpha value is -0.810. The molecule has 0 radical (unpaired) electrons. The molecule has 0 amide bonds. The quantitative estimate of drug-likeness (QED) is 0.811. The van der Waals surface area contributed by atoms with Crippen molar-refractivity contribution in [3.05, 3.63) is 29.8 Å². The largest absolute Gasteiger partial charge is 0.491 e. The average molecular weight is 358 g/mol. The summed E-state index contributed by atoms with van der Waals surface area (Å²) in [5, 5.41) is 10.3. The minimum Gasteiger partial charge on any atom is -0.491 e. The molecule has 1 aromatic carbocycles. The van der Waals surface area contributed by atoms with E-state index in [4.69, 9.17) is 9.47 Å². The monoisotopic (exact) mass is 357 g/mol. The van der Waals surface area contributed by atoms with E-state index in [0.717, 1.165) is 25.3 Å². The van der Waals surface area contributed by atoms with Crippen LogP contribution in [-0.2, 0) is 4.74 Å². The zero-order valence-corrected chi connectivity index (χ0v) is 16.1. The fourth-order valence-corrected chi connectivity index (χ4v) is 3.21. The molecule has 4 atom stereocenters. The highest BCUT2D eigenvalue weighted by Crippen LogP contribution is 2.28. The molecule has 1 aromatic rings. The standard InChI is InChI=1S/C19H31NO3.ClH/c1-5-14(2)18-8-6-7-9-19(18)22-13-17(21)12-20-10-15(3)23-16(4)11-20;/h6-9,14-17,21H,5,10-13H2,1-4H3;1H. The van der Waals surface area contributed by atoms with Crippen LogP contribution in [0, 0.1) is 0 Å². The Morgan fingerprint density at radius 3 is 2.50 bits per heavy atom. The van der Waals surface area contributed by atoms with Crippen molar-refractivity contribution in [3.63, 3.8) is 0 Å². The van der Waals surface area contributed by atoms with Crippen LogP contribution in [-0.4, -0.2) is 54.6 Å². The topological polar surface area (TPSA) is 41.9 Å². The second-order valence-electron chi connectivity index (χ2n) is 6.79. The van der Waals surface area contributed by atoms with Gasteiger partial charge in [-0.2, -0.15) is 0 Å². The Labute approximate surface area is 152 Å². The highest BCUT2D eigenvalue weighted by molar-refractivity contribution is 5.85. The Bertz CT molecular complexity index is 475. The Kier molecular flexibility index (Phi) is 9.06. The first-order valence-corrected chi connectivity index (χ1v) is 8.77. The fraction of sp³-hybridized carbons (Fsp3) is 0.684. The molecule has 4 unspecified atom stereocenters. The average Bonchev–Trinajstić information content (AvgIpc) is 2.51. The van der Waals surface area contributed by atoms with Gasteiger partial charge in [0.2, 0.25) is 0 Å². The predicted molar refractivity (Wildman–Crippen MR) is 100 cm³/mol. The molecule has 1 aliphatic heterocycles. The van der Waals surface area contributed by atoms with E-state index >= 15 is 0 Å². The van der Waals surface area contributed by atoms with E-state index in [9.17, 15) is 5.11 Å². The van der Waals surface area contributed by atoms with Gasteiger partial charge in [-0.05, 0) is 37.8 Å². The minimum atomic E-state index is -0.488. The lowest BCUT2D eigenvalue weighted by Crippen LogP contribution is -2.48. The molecule has 0 aromatic heterocycles.